The summed E-state index contributed by atoms with van der Waals surface area (Å²) in [6, 6.07) is 9.93. The number of nitrogens with one attached hydrogen (secondary N) is 2. The highest BCUT2D eigenvalue weighted by molar-refractivity contribution is 5.85. The van der Waals surface area contributed by atoms with Crippen molar-refractivity contribution in [2.75, 3.05) is 45.8 Å². The Morgan fingerprint density at radius 2 is 1.79 bits per heavy atom. The molecule has 0 aromatic heterocycles. The van der Waals surface area contributed by atoms with E-state index in [4.69, 9.17) is 0 Å². The maximum atomic E-state index is 12.4. The van der Waals surface area contributed by atoms with Crippen molar-refractivity contribution in [1.29, 1.82) is 0 Å². The van der Waals surface area contributed by atoms with Gasteiger partial charge in [0.2, 0.25) is 11.8 Å². The summed E-state index contributed by atoms with van der Waals surface area (Å²) in [7, 11) is 0. The molecule has 28 heavy (non-hydrogen) atoms. The van der Waals surface area contributed by atoms with Crippen LogP contribution in [0.4, 0.5) is 0 Å². The predicted octanol–water partition coefficient (Wildman–Crippen LogP) is 1.68. The van der Waals surface area contributed by atoms with Gasteiger partial charge in [-0.15, -0.1) is 24.8 Å². The number of hydrogen-bond donors (Lipinski definition) is 2. The van der Waals surface area contributed by atoms with Crippen LogP contribution in [0.15, 0.2) is 30.3 Å². The molecule has 1 atom stereocenters. The highest BCUT2D eigenvalue weighted by atomic mass is 35.5. The molecule has 2 aliphatic heterocycles. The third-order valence-corrected chi connectivity index (χ3v) is 5.35. The van der Waals surface area contributed by atoms with Crippen LogP contribution in [-0.4, -0.2) is 67.4 Å². The van der Waals surface area contributed by atoms with Gasteiger partial charge in [0.1, 0.15) is 0 Å². The molecular formula is C20H32Cl2N4O2. The Balaban J connectivity index is 0.00000196. The van der Waals surface area contributed by atoms with E-state index in [1.807, 2.05) is 35.2 Å². The molecule has 8 heteroatoms. The van der Waals surface area contributed by atoms with E-state index in [2.05, 4.69) is 15.5 Å². The van der Waals surface area contributed by atoms with Crippen LogP contribution < -0.4 is 10.6 Å². The molecule has 0 radical (unpaired) electrons. The number of amides is 2. The third kappa shape index (κ3) is 7.95. The molecule has 1 aromatic carbocycles. The summed E-state index contributed by atoms with van der Waals surface area (Å²) in [6.07, 6.45) is 2.84. The summed E-state index contributed by atoms with van der Waals surface area (Å²) >= 11 is 0. The minimum atomic E-state index is 0. The van der Waals surface area contributed by atoms with Gasteiger partial charge < -0.3 is 15.5 Å². The van der Waals surface area contributed by atoms with E-state index >= 15 is 0 Å². The summed E-state index contributed by atoms with van der Waals surface area (Å²) in [5, 5.41) is 6.32. The summed E-state index contributed by atoms with van der Waals surface area (Å²) < 4.78 is 0. The second-order valence-corrected chi connectivity index (χ2v) is 7.32. The van der Waals surface area contributed by atoms with Crippen molar-refractivity contribution < 1.29 is 9.59 Å². The predicted molar refractivity (Wildman–Crippen MR) is 116 cm³/mol. The molecule has 0 saturated carbocycles. The second-order valence-electron chi connectivity index (χ2n) is 7.32. The lowest BCUT2D eigenvalue weighted by molar-refractivity contribution is -0.133. The van der Waals surface area contributed by atoms with Crippen LogP contribution in [0.25, 0.3) is 0 Å². The maximum absolute atomic E-state index is 12.4. The third-order valence-electron chi connectivity index (χ3n) is 5.35. The van der Waals surface area contributed by atoms with Crippen molar-refractivity contribution in [3.05, 3.63) is 35.9 Å². The van der Waals surface area contributed by atoms with Gasteiger partial charge in [0.15, 0.2) is 0 Å². The van der Waals surface area contributed by atoms with Gasteiger partial charge in [0.25, 0.3) is 0 Å². The van der Waals surface area contributed by atoms with Crippen LogP contribution in [0.5, 0.6) is 0 Å². The molecular weight excluding hydrogens is 399 g/mol. The van der Waals surface area contributed by atoms with Crippen LogP contribution in [0.1, 0.15) is 24.8 Å². The van der Waals surface area contributed by atoms with Crippen molar-refractivity contribution in [1.82, 2.24) is 20.4 Å². The molecule has 158 valence electrons. The Bertz CT molecular complexity index is 589. The van der Waals surface area contributed by atoms with Crippen LogP contribution in [-0.2, 0) is 16.1 Å². The normalized spacial score (nSPS) is 19.4. The minimum Gasteiger partial charge on any atom is -0.351 e. The van der Waals surface area contributed by atoms with E-state index < -0.39 is 0 Å². The molecule has 6 nitrogen and oxygen atoms in total. The van der Waals surface area contributed by atoms with Gasteiger partial charge in [-0.05, 0) is 37.4 Å². The molecule has 0 aliphatic carbocycles. The van der Waals surface area contributed by atoms with Crippen molar-refractivity contribution in [2.24, 2.45) is 5.92 Å². The van der Waals surface area contributed by atoms with Gasteiger partial charge in [-0.2, -0.15) is 0 Å². The zero-order chi connectivity index (χ0) is 18.2. The molecule has 0 spiro atoms. The zero-order valence-corrected chi connectivity index (χ0v) is 17.9. The van der Waals surface area contributed by atoms with E-state index in [9.17, 15) is 9.59 Å². The fourth-order valence-corrected chi connectivity index (χ4v) is 3.66. The number of benzene rings is 1. The van der Waals surface area contributed by atoms with Crippen molar-refractivity contribution in [3.8, 4) is 0 Å². The summed E-state index contributed by atoms with van der Waals surface area (Å²) in [6.45, 7) is 6.12. The van der Waals surface area contributed by atoms with Crippen LogP contribution >= 0.6 is 24.8 Å². The van der Waals surface area contributed by atoms with Crippen LogP contribution in [0.3, 0.4) is 0 Å². The summed E-state index contributed by atoms with van der Waals surface area (Å²) in [4.78, 5) is 28.6. The van der Waals surface area contributed by atoms with E-state index in [1.54, 1.807) is 0 Å². The van der Waals surface area contributed by atoms with E-state index in [0.717, 1.165) is 51.3 Å². The molecule has 0 bridgehead atoms. The van der Waals surface area contributed by atoms with Gasteiger partial charge in [-0.1, -0.05) is 30.3 Å². The van der Waals surface area contributed by atoms with E-state index in [1.165, 1.54) is 6.42 Å². The van der Waals surface area contributed by atoms with Gasteiger partial charge in [-0.3, -0.25) is 14.5 Å². The van der Waals surface area contributed by atoms with E-state index in [0.29, 0.717) is 25.4 Å². The number of rotatable bonds is 7. The van der Waals surface area contributed by atoms with E-state index in [-0.39, 0.29) is 36.6 Å². The Hall–Kier alpha value is -1.34. The standard InChI is InChI=1S/C20H30N4O2.2ClH/c25-19(22-15-17-4-2-1-3-5-17)16-23-10-12-24(13-11-23)20(26)7-6-18-8-9-21-14-18;;/h1-5,18,21H,6-16H2,(H,22,25);2*1H. The van der Waals surface area contributed by atoms with Crippen LogP contribution in [0, 0.1) is 5.92 Å². The highest BCUT2D eigenvalue weighted by Gasteiger charge is 2.23. The SMILES string of the molecule is Cl.Cl.O=C(CN1CCN(C(=O)CCC2CCNC2)CC1)NCc1ccccc1. The molecule has 2 saturated heterocycles. The lowest BCUT2D eigenvalue weighted by Gasteiger charge is -2.34. The lowest BCUT2D eigenvalue weighted by Crippen LogP contribution is -2.51. The number of halogens is 2. The summed E-state index contributed by atoms with van der Waals surface area (Å²) in [5.74, 6) is 0.973. The quantitative estimate of drug-likeness (QED) is 0.690. The fraction of sp³-hybridized carbons (Fsp3) is 0.600. The monoisotopic (exact) mass is 430 g/mol. The number of piperazine rings is 1. The van der Waals surface area contributed by atoms with Gasteiger partial charge in [0, 0.05) is 39.1 Å². The molecule has 2 aliphatic rings. The summed E-state index contributed by atoms with van der Waals surface area (Å²) in [5.41, 5.74) is 1.11. The average molecular weight is 431 g/mol. The molecule has 2 fully saturated rings. The van der Waals surface area contributed by atoms with Gasteiger partial charge in [0.05, 0.1) is 6.54 Å². The topological polar surface area (TPSA) is 64.7 Å². The Morgan fingerprint density at radius 3 is 2.43 bits per heavy atom. The minimum absolute atomic E-state index is 0. The molecule has 2 N–H and O–H groups in total. The average Bonchev–Trinajstić information content (AvgIpc) is 3.19. The second kappa shape index (κ2) is 13.0. The first-order valence-electron chi connectivity index (χ1n) is 9.72. The first-order valence-corrected chi connectivity index (χ1v) is 9.72. The van der Waals surface area contributed by atoms with Crippen molar-refractivity contribution >= 4 is 36.6 Å². The van der Waals surface area contributed by atoms with Crippen LogP contribution in [0.2, 0.25) is 0 Å². The fourth-order valence-electron chi connectivity index (χ4n) is 3.66. The largest absolute Gasteiger partial charge is 0.351 e. The molecule has 1 aromatic rings. The lowest BCUT2D eigenvalue weighted by atomic mass is 10.0. The number of carbonyl (C=O) groups is 2. The van der Waals surface area contributed by atoms with Gasteiger partial charge in [-0.25, -0.2) is 0 Å². The first-order chi connectivity index (χ1) is 12.7. The molecule has 1 unspecified atom stereocenters. The Morgan fingerprint density at radius 1 is 1.07 bits per heavy atom. The van der Waals surface area contributed by atoms with Crippen molar-refractivity contribution in [2.45, 2.75) is 25.8 Å². The highest BCUT2D eigenvalue weighted by Crippen LogP contribution is 2.15. The van der Waals surface area contributed by atoms with Crippen molar-refractivity contribution in [3.63, 3.8) is 0 Å². The molecule has 3 rings (SSSR count). The number of carbonyl (C=O) groups excluding carboxylic acids is 2. The number of hydrogen-bond acceptors (Lipinski definition) is 4. The first kappa shape index (κ1) is 24.7. The number of nitrogens with zero attached hydrogens (tertiary/aromatic N) is 2. The van der Waals surface area contributed by atoms with Gasteiger partial charge >= 0.3 is 0 Å². The maximum Gasteiger partial charge on any atom is 0.234 e. The Labute approximate surface area is 180 Å². The molecule has 2 heterocycles. The zero-order valence-electron chi connectivity index (χ0n) is 16.3. The molecule has 2 amide bonds. The smallest absolute Gasteiger partial charge is 0.234 e. The Kier molecular flexibility index (Phi) is 11.5.